The lowest BCUT2D eigenvalue weighted by Crippen LogP contribution is -2.24. The third-order valence-electron chi connectivity index (χ3n) is 3.16. The predicted molar refractivity (Wildman–Crippen MR) is 63.2 cm³/mol. The van der Waals surface area contributed by atoms with E-state index in [0.29, 0.717) is 18.7 Å². The van der Waals surface area contributed by atoms with Gasteiger partial charge < -0.3 is 14.4 Å². The molecule has 0 aromatic heterocycles. The summed E-state index contributed by atoms with van der Waals surface area (Å²) in [6.07, 6.45) is 2.38. The van der Waals surface area contributed by atoms with Crippen LogP contribution in [0.5, 0.6) is 11.5 Å². The van der Waals surface area contributed by atoms with Crippen LogP contribution in [0.3, 0.4) is 0 Å². The summed E-state index contributed by atoms with van der Waals surface area (Å²) < 4.78 is 10.6. The van der Waals surface area contributed by atoms with Crippen LogP contribution in [-0.4, -0.2) is 19.2 Å². The van der Waals surface area contributed by atoms with Crippen LogP contribution in [0.2, 0.25) is 0 Å². The number of rotatable bonds is 2. The highest BCUT2D eigenvalue weighted by atomic mass is 16.7. The summed E-state index contributed by atoms with van der Waals surface area (Å²) in [7, 11) is 0. The normalized spacial score (nSPS) is 22.0. The number of benzene rings is 1. The molecule has 0 spiro atoms. The molecule has 3 rings (SSSR count). The van der Waals surface area contributed by atoms with Crippen molar-refractivity contribution < 1.29 is 14.3 Å². The van der Waals surface area contributed by atoms with Gasteiger partial charge in [0.1, 0.15) is 0 Å². The van der Waals surface area contributed by atoms with Gasteiger partial charge >= 0.3 is 0 Å². The first-order chi connectivity index (χ1) is 8.28. The van der Waals surface area contributed by atoms with Gasteiger partial charge in [0.05, 0.1) is 0 Å². The van der Waals surface area contributed by atoms with Crippen molar-refractivity contribution in [2.75, 3.05) is 18.2 Å². The number of nitrogens with zero attached hydrogens (tertiary/aromatic N) is 1. The van der Waals surface area contributed by atoms with Crippen LogP contribution >= 0.6 is 0 Å². The summed E-state index contributed by atoms with van der Waals surface area (Å²) in [4.78, 5) is 13.6. The molecule has 1 amide bonds. The minimum Gasteiger partial charge on any atom is -0.454 e. The number of hydrogen-bond donors (Lipinski definition) is 0. The lowest BCUT2D eigenvalue weighted by molar-refractivity contribution is -0.117. The first-order valence-corrected chi connectivity index (χ1v) is 5.60. The molecule has 0 radical (unpaired) electrons. The van der Waals surface area contributed by atoms with E-state index >= 15 is 0 Å². The quantitative estimate of drug-likeness (QED) is 0.730. The van der Waals surface area contributed by atoms with E-state index in [4.69, 9.17) is 9.47 Å². The number of carbonyl (C=O) groups is 1. The van der Waals surface area contributed by atoms with Crippen molar-refractivity contribution >= 4 is 11.6 Å². The fourth-order valence-electron chi connectivity index (χ4n) is 2.20. The molecule has 0 N–H and O–H groups in total. The molecule has 4 nitrogen and oxygen atoms in total. The van der Waals surface area contributed by atoms with E-state index in [1.165, 1.54) is 0 Å². The Morgan fingerprint density at radius 1 is 1.35 bits per heavy atom. The van der Waals surface area contributed by atoms with Crippen LogP contribution in [0.15, 0.2) is 30.9 Å². The van der Waals surface area contributed by atoms with E-state index in [1.807, 2.05) is 24.3 Å². The Hall–Kier alpha value is -1.97. The van der Waals surface area contributed by atoms with Crippen molar-refractivity contribution in [1.29, 1.82) is 0 Å². The van der Waals surface area contributed by atoms with Crippen LogP contribution in [0.4, 0.5) is 5.69 Å². The monoisotopic (exact) mass is 231 g/mol. The van der Waals surface area contributed by atoms with Gasteiger partial charge in [-0.05, 0) is 12.1 Å². The average molecular weight is 231 g/mol. The first-order valence-electron chi connectivity index (χ1n) is 5.60. The van der Waals surface area contributed by atoms with Gasteiger partial charge in [-0.3, -0.25) is 4.79 Å². The second-order valence-corrected chi connectivity index (χ2v) is 4.24. The topological polar surface area (TPSA) is 38.8 Å². The Morgan fingerprint density at radius 3 is 2.94 bits per heavy atom. The van der Waals surface area contributed by atoms with Gasteiger partial charge in [-0.15, -0.1) is 6.58 Å². The number of fused-ring (bicyclic) bond motifs is 1. The molecule has 1 aromatic carbocycles. The van der Waals surface area contributed by atoms with Gasteiger partial charge in [-0.1, -0.05) is 6.08 Å². The molecular weight excluding hydrogens is 218 g/mol. The summed E-state index contributed by atoms with van der Waals surface area (Å²) in [5.74, 6) is 1.82. The molecule has 0 saturated carbocycles. The maximum atomic E-state index is 11.9. The highest BCUT2D eigenvalue weighted by Gasteiger charge is 2.29. The molecule has 1 saturated heterocycles. The Morgan fingerprint density at radius 2 is 2.18 bits per heavy atom. The molecule has 2 aliphatic rings. The lowest BCUT2D eigenvalue weighted by Gasteiger charge is -2.16. The number of hydrogen-bond acceptors (Lipinski definition) is 3. The molecule has 1 atom stereocenters. The number of anilines is 1. The van der Waals surface area contributed by atoms with Gasteiger partial charge in [0.2, 0.25) is 12.7 Å². The molecule has 17 heavy (non-hydrogen) atoms. The molecule has 4 heteroatoms. The van der Waals surface area contributed by atoms with Crippen molar-refractivity contribution in [1.82, 2.24) is 0 Å². The van der Waals surface area contributed by atoms with Gasteiger partial charge in [-0.2, -0.15) is 0 Å². The predicted octanol–water partition coefficient (Wildman–Crippen LogP) is 1.95. The van der Waals surface area contributed by atoms with Crippen molar-refractivity contribution in [2.45, 2.75) is 6.42 Å². The van der Waals surface area contributed by atoms with E-state index in [9.17, 15) is 4.79 Å². The third kappa shape index (κ3) is 1.65. The Balaban J connectivity index is 1.89. The van der Waals surface area contributed by atoms with Gasteiger partial charge in [0.15, 0.2) is 11.5 Å². The number of ether oxygens (including phenoxy) is 2. The standard InChI is InChI=1S/C13H13NO3/c1-2-9-5-13(15)14(7-9)10-3-4-11-12(6-10)17-8-16-11/h2-4,6,9H,1,5,7-8H2. The zero-order valence-corrected chi connectivity index (χ0v) is 9.39. The second kappa shape index (κ2) is 3.80. The van der Waals surface area contributed by atoms with E-state index in [0.717, 1.165) is 11.4 Å². The Labute approximate surface area is 99.4 Å². The summed E-state index contributed by atoms with van der Waals surface area (Å²) in [5, 5.41) is 0. The molecule has 1 unspecified atom stereocenters. The second-order valence-electron chi connectivity index (χ2n) is 4.24. The smallest absolute Gasteiger partial charge is 0.231 e. The van der Waals surface area contributed by atoms with Crippen molar-refractivity contribution in [3.05, 3.63) is 30.9 Å². The van der Waals surface area contributed by atoms with Crippen molar-refractivity contribution in [3.63, 3.8) is 0 Å². The summed E-state index contributed by atoms with van der Waals surface area (Å²) in [5.41, 5.74) is 0.864. The number of amides is 1. The highest BCUT2D eigenvalue weighted by Crippen LogP contribution is 2.37. The summed E-state index contributed by atoms with van der Waals surface area (Å²) in [6.45, 7) is 4.69. The fraction of sp³-hybridized carbons (Fsp3) is 0.308. The maximum Gasteiger partial charge on any atom is 0.231 e. The zero-order valence-electron chi connectivity index (χ0n) is 9.39. The Kier molecular flexibility index (Phi) is 2.28. The molecule has 0 aliphatic carbocycles. The van der Waals surface area contributed by atoms with E-state index in [-0.39, 0.29) is 18.6 Å². The van der Waals surface area contributed by atoms with Crippen LogP contribution in [0.1, 0.15) is 6.42 Å². The zero-order chi connectivity index (χ0) is 11.8. The van der Waals surface area contributed by atoms with Gasteiger partial charge in [0.25, 0.3) is 0 Å². The van der Waals surface area contributed by atoms with E-state index < -0.39 is 0 Å². The third-order valence-corrected chi connectivity index (χ3v) is 3.16. The molecule has 1 fully saturated rings. The molecule has 0 bridgehead atoms. The minimum atomic E-state index is 0.133. The largest absolute Gasteiger partial charge is 0.454 e. The SMILES string of the molecule is C=CC1CC(=O)N(c2ccc3c(c2)OCO3)C1. The first kappa shape index (κ1) is 10.2. The van der Waals surface area contributed by atoms with Gasteiger partial charge in [-0.25, -0.2) is 0 Å². The number of carbonyl (C=O) groups excluding carboxylic acids is 1. The van der Waals surface area contributed by atoms with Gasteiger partial charge in [0, 0.05) is 30.6 Å². The fourth-order valence-corrected chi connectivity index (χ4v) is 2.20. The molecule has 1 aromatic rings. The lowest BCUT2D eigenvalue weighted by atomic mass is 10.1. The Bertz CT molecular complexity index is 484. The molecule has 88 valence electrons. The van der Waals surface area contributed by atoms with Crippen LogP contribution in [0.25, 0.3) is 0 Å². The maximum absolute atomic E-state index is 11.9. The minimum absolute atomic E-state index is 0.133. The van der Waals surface area contributed by atoms with E-state index in [2.05, 4.69) is 6.58 Å². The molecular formula is C13H13NO3. The summed E-state index contributed by atoms with van der Waals surface area (Å²) >= 11 is 0. The molecule has 2 heterocycles. The highest BCUT2D eigenvalue weighted by molar-refractivity contribution is 5.96. The van der Waals surface area contributed by atoms with Crippen LogP contribution in [-0.2, 0) is 4.79 Å². The van der Waals surface area contributed by atoms with Crippen LogP contribution < -0.4 is 14.4 Å². The molecule has 2 aliphatic heterocycles. The van der Waals surface area contributed by atoms with Crippen molar-refractivity contribution in [2.24, 2.45) is 5.92 Å². The van der Waals surface area contributed by atoms with Crippen molar-refractivity contribution in [3.8, 4) is 11.5 Å². The van der Waals surface area contributed by atoms with E-state index in [1.54, 1.807) is 4.90 Å². The van der Waals surface area contributed by atoms with Crippen LogP contribution in [0, 0.1) is 5.92 Å². The summed E-state index contributed by atoms with van der Waals surface area (Å²) in [6, 6.07) is 5.58. The average Bonchev–Trinajstić information content (AvgIpc) is 2.93.